The first kappa shape index (κ1) is 15.0. The number of rotatable bonds is 6. The van der Waals surface area contributed by atoms with E-state index in [4.69, 9.17) is 0 Å². The maximum absolute atomic E-state index is 12.1. The Kier molecular flexibility index (Phi) is 4.92. The Hall–Kier alpha value is -2.37. The molecule has 0 aliphatic heterocycles. The molecule has 0 unspecified atom stereocenters. The molecule has 0 spiro atoms. The van der Waals surface area contributed by atoms with E-state index in [9.17, 15) is 4.79 Å². The fourth-order valence-electron chi connectivity index (χ4n) is 1.92. The van der Waals surface area contributed by atoms with Crippen LogP contribution in [0.1, 0.15) is 18.9 Å². The van der Waals surface area contributed by atoms with Crippen LogP contribution in [0.3, 0.4) is 0 Å². The number of pyridine rings is 1. The largest absolute Gasteiger partial charge is 0.376 e. The molecule has 2 rings (SSSR count). The topological polar surface area (TPSA) is 63.1 Å². The van der Waals surface area contributed by atoms with Crippen LogP contribution in [0.4, 0.5) is 11.5 Å². The lowest BCUT2D eigenvalue weighted by Gasteiger charge is -2.13. The Morgan fingerprint density at radius 3 is 2.86 bits per heavy atom. The van der Waals surface area contributed by atoms with Crippen LogP contribution in [-0.4, -0.2) is 35.4 Å². The van der Waals surface area contributed by atoms with Gasteiger partial charge in [0.25, 0.3) is 5.56 Å². The summed E-state index contributed by atoms with van der Waals surface area (Å²) in [5.74, 6) is 0.810. The Balaban J connectivity index is 2.24. The van der Waals surface area contributed by atoms with Crippen LogP contribution < -0.4 is 15.8 Å². The molecule has 0 atom stereocenters. The summed E-state index contributed by atoms with van der Waals surface area (Å²) >= 11 is 0. The van der Waals surface area contributed by atoms with Gasteiger partial charge in [0.2, 0.25) is 0 Å². The molecule has 0 fully saturated rings. The van der Waals surface area contributed by atoms with Crippen molar-refractivity contribution in [2.75, 3.05) is 30.9 Å². The summed E-state index contributed by atoms with van der Waals surface area (Å²) < 4.78 is 1.45. The van der Waals surface area contributed by atoms with Crippen molar-refractivity contribution >= 4 is 11.5 Å². The van der Waals surface area contributed by atoms with Gasteiger partial charge in [0.1, 0.15) is 5.82 Å². The normalized spacial score (nSPS) is 10.4. The van der Waals surface area contributed by atoms with E-state index >= 15 is 0 Å². The molecule has 0 bridgehead atoms. The predicted molar refractivity (Wildman–Crippen MR) is 84.9 cm³/mol. The van der Waals surface area contributed by atoms with E-state index in [2.05, 4.69) is 22.3 Å². The van der Waals surface area contributed by atoms with Gasteiger partial charge in [-0.3, -0.25) is 4.79 Å². The molecular weight excluding hydrogens is 266 g/mol. The molecule has 0 aliphatic carbocycles. The Morgan fingerprint density at radius 1 is 1.38 bits per heavy atom. The van der Waals surface area contributed by atoms with Crippen molar-refractivity contribution in [2.45, 2.75) is 19.9 Å². The first-order valence-corrected chi connectivity index (χ1v) is 7.04. The molecule has 0 aromatic carbocycles. The van der Waals surface area contributed by atoms with E-state index in [0.717, 1.165) is 30.0 Å². The number of nitrogens with zero attached hydrogens (tertiary/aromatic N) is 4. The molecule has 112 valence electrons. The van der Waals surface area contributed by atoms with E-state index in [1.165, 1.54) is 4.68 Å². The molecule has 0 amide bonds. The zero-order chi connectivity index (χ0) is 15.2. The van der Waals surface area contributed by atoms with Crippen LogP contribution in [0.25, 0.3) is 0 Å². The summed E-state index contributed by atoms with van der Waals surface area (Å²) in [6.07, 6.45) is 4.45. The van der Waals surface area contributed by atoms with Gasteiger partial charge in [-0.1, -0.05) is 13.0 Å². The van der Waals surface area contributed by atoms with Crippen LogP contribution in [0, 0.1) is 0 Å². The van der Waals surface area contributed by atoms with Crippen molar-refractivity contribution in [1.82, 2.24) is 14.8 Å². The first-order chi connectivity index (χ1) is 10.1. The highest BCUT2D eigenvalue weighted by molar-refractivity contribution is 5.44. The SMILES string of the molecule is CCCNc1ncccc1Cn1ncc(N(C)C)cc1=O. The lowest BCUT2D eigenvalue weighted by molar-refractivity contribution is 0.637. The lowest BCUT2D eigenvalue weighted by Crippen LogP contribution is -2.25. The number of aromatic nitrogens is 3. The Bertz CT molecular complexity index is 651. The van der Waals surface area contributed by atoms with Gasteiger partial charge in [0.15, 0.2) is 0 Å². The van der Waals surface area contributed by atoms with Gasteiger partial charge < -0.3 is 10.2 Å². The molecular formula is C15H21N5O. The van der Waals surface area contributed by atoms with E-state index in [1.54, 1.807) is 18.5 Å². The summed E-state index contributed by atoms with van der Waals surface area (Å²) in [6, 6.07) is 5.41. The highest BCUT2D eigenvalue weighted by atomic mass is 16.1. The molecule has 6 heteroatoms. The molecule has 0 saturated carbocycles. The van der Waals surface area contributed by atoms with Crippen LogP contribution in [0.15, 0.2) is 35.4 Å². The summed E-state index contributed by atoms with van der Waals surface area (Å²) in [7, 11) is 3.77. The van der Waals surface area contributed by atoms with Crippen molar-refractivity contribution in [3.8, 4) is 0 Å². The highest BCUT2D eigenvalue weighted by Gasteiger charge is 2.07. The second-order valence-corrected chi connectivity index (χ2v) is 5.04. The minimum absolute atomic E-state index is 0.119. The van der Waals surface area contributed by atoms with Gasteiger partial charge >= 0.3 is 0 Å². The molecule has 1 N–H and O–H groups in total. The Morgan fingerprint density at radius 2 is 2.19 bits per heavy atom. The average molecular weight is 287 g/mol. The molecule has 0 radical (unpaired) electrons. The van der Waals surface area contributed by atoms with Gasteiger partial charge in [-0.25, -0.2) is 9.67 Å². The predicted octanol–water partition coefficient (Wildman–Crippen LogP) is 1.57. The summed E-state index contributed by atoms with van der Waals surface area (Å²) in [5.41, 5.74) is 1.64. The third-order valence-electron chi connectivity index (χ3n) is 3.13. The van der Waals surface area contributed by atoms with Crippen molar-refractivity contribution in [1.29, 1.82) is 0 Å². The van der Waals surface area contributed by atoms with Gasteiger partial charge in [0.05, 0.1) is 18.4 Å². The maximum atomic E-state index is 12.1. The number of hydrogen-bond donors (Lipinski definition) is 1. The van der Waals surface area contributed by atoms with Crippen LogP contribution >= 0.6 is 0 Å². The third-order valence-corrected chi connectivity index (χ3v) is 3.13. The third kappa shape index (κ3) is 3.81. The standard InChI is InChI=1S/C15H21N5O/c1-4-7-16-15-12(6-5-8-17-15)11-20-14(21)9-13(10-18-20)19(2)3/h5-6,8-10H,4,7,11H2,1-3H3,(H,16,17). The van der Waals surface area contributed by atoms with Gasteiger partial charge in [-0.05, 0) is 12.5 Å². The molecule has 2 aromatic rings. The number of anilines is 2. The van der Waals surface area contributed by atoms with Crippen molar-refractivity contribution in [2.24, 2.45) is 0 Å². The second-order valence-electron chi connectivity index (χ2n) is 5.04. The fraction of sp³-hybridized carbons (Fsp3) is 0.400. The highest BCUT2D eigenvalue weighted by Crippen LogP contribution is 2.12. The van der Waals surface area contributed by atoms with Crippen molar-refractivity contribution in [3.05, 3.63) is 46.5 Å². The monoisotopic (exact) mass is 287 g/mol. The molecule has 2 aromatic heterocycles. The minimum atomic E-state index is -0.119. The quantitative estimate of drug-likeness (QED) is 0.874. The van der Waals surface area contributed by atoms with E-state index in [0.29, 0.717) is 6.54 Å². The molecule has 0 saturated heterocycles. The van der Waals surface area contributed by atoms with Crippen molar-refractivity contribution in [3.63, 3.8) is 0 Å². The summed E-state index contributed by atoms with van der Waals surface area (Å²) in [4.78, 5) is 18.3. The van der Waals surface area contributed by atoms with Gasteiger partial charge in [0, 0.05) is 38.5 Å². The molecule has 2 heterocycles. The number of hydrogen-bond acceptors (Lipinski definition) is 5. The fourth-order valence-corrected chi connectivity index (χ4v) is 1.92. The van der Waals surface area contributed by atoms with Crippen molar-refractivity contribution < 1.29 is 0 Å². The van der Waals surface area contributed by atoms with E-state index in [-0.39, 0.29) is 5.56 Å². The maximum Gasteiger partial charge on any atom is 0.269 e. The summed E-state index contributed by atoms with van der Waals surface area (Å²) in [6.45, 7) is 3.36. The summed E-state index contributed by atoms with van der Waals surface area (Å²) in [5, 5.41) is 7.49. The molecule has 6 nitrogen and oxygen atoms in total. The zero-order valence-electron chi connectivity index (χ0n) is 12.7. The zero-order valence-corrected chi connectivity index (χ0v) is 12.7. The molecule has 0 aliphatic rings. The second kappa shape index (κ2) is 6.88. The number of nitrogens with one attached hydrogen (secondary N) is 1. The lowest BCUT2D eigenvalue weighted by atomic mass is 10.2. The van der Waals surface area contributed by atoms with Gasteiger partial charge in [-0.15, -0.1) is 0 Å². The van der Waals surface area contributed by atoms with Crippen LogP contribution in [0.5, 0.6) is 0 Å². The molecule has 21 heavy (non-hydrogen) atoms. The van der Waals surface area contributed by atoms with Gasteiger partial charge in [-0.2, -0.15) is 5.10 Å². The van der Waals surface area contributed by atoms with Crippen LogP contribution in [-0.2, 0) is 6.54 Å². The minimum Gasteiger partial charge on any atom is -0.376 e. The first-order valence-electron chi connectivity index (χ1n) is 7.04. The Labute approximate surface area is 124 Å². The van der Waals surface area contributed by atoms with E-state index < -0.39 is 0 Å². The smallest absolute Gasteiger partial charge is 0.269 e. The van der Waals surface area contributed by atoms with E-state index in [1.807, 2.05) is 31.1 Å². The van der Waals surface area contributed by atoms with Crippen LogP contribution in [0.2, 0.25) is 0 Å². The average Bonchev–Trinajstić information content (AvgIpc) is 2.48.